The second-order valence-corrected chi connectivity index (χ2v) is 13.3. The molecule has 0 aliphatic rings. The molecule has 0 aliphatic heterocycles. The zero-order valence-electron chi connectivity index (χ0n) is 30.5. The molecule has 0 amide bonds. The van der Waals surface area contributed by atoms with Crippen LogP contribution in [0.15, 0.2) is 146 Å². The first kappa shape index (κ1) is 33.6. The fourth-order valence-electron chi connectivity index (χ4n) is 7.40. The van der Waals surface area contributed by atoms with Gasteiger partial charge < -0.3 is 0 Å². The van der Waals surface area contributed by atoms with Crippen LogP contribution in [0.5, 0.6) is 0 Å². The van der Waals surface area contributed by atoms with E-state index in [0.29, 0.717) is 17.5 Å². The van der Waals surface area contributed by atoms with E-state index in [1.54, 1.807) is 0 Å². The molecular weight excluding hydrogens is 645 g/mol. The number of nitrogens with zero attached hydrogens (tertiary/aromatic N) is 4. The lowest BCUT2D eigenvalue weighted by molar-refractivity contribution is 1.07. The molecule has 2 heterocycles. The monoisotopic (exact) mass is 684 g/mol. The van der Waals surface area contributed by atoms with Crippen molar-refractivity contribution in [1.29, 1.82) is 0 Å². The summed E-state index contributed by atoms with van der Waals surface area (Å²) in [5.41, 5.74) is 12.5. The van der Waals surface area contributed by atoms with E-state index in [-0.39, 0.29) is 0 Å². The molecule has 0 atom stereocenters. The van der Waals surface area contributed by atoms with Gasteiger partial charge in [0.15, 0.2) is 17.5 Å². The summed E-state index contributed by atoms with van der Waals surface area (Å²) in [7, 11) is 0. The van der Waals surface area contributed by atoms with Crippen LogP contribution in [0.2, 0.25) is 0 Å². The van der Waals surface area contributed by atoms with E-state index >= 15 is 0 Å². The lowest BCUT2D eigenvalue weighted by Crippen LogP contribution is -2.00. The number of hydrogen-bond acceptors (Lipinski definition) is 4. The molecule has 8 aromatic rings. The predicted octanol–water partition coefficient (Wildman–Crippen LogP) is 12.8. The van der Waals surface area contributed by atoms with Gasteiger partial charge in [-0.15, -0.1) is 0 Å². The summed E-state index contributed by atoms with van der Waals surface area (Å²) < 4.78 is 0. The minimum absolute atomic E-state index is 0.625. The van der Waals surface area contributed by atoms with E-state index in [0.717, 1.165) is 56.1 Å². The summed E-state index contributed by atoms with van der Waals surface area (Å²) >= 11 is 0. The van der Waals surface area contributed by atoms with Gasteiger partial charge in [-0.2, -0.15) is 0 Å². The zero-order valence-corrected chi connectivity index (χ0v) is 30.5. The largest absolute Gasteiger partial charge is 0.264 e. The highest BCUT2D eigenvalue weighted by Gasteiger charge is 2.17. The molecule has 0 radical (unpaired) electrons. The van der Waals surface area contributed by atoms with Gasteiger partial charge >= 0.3 is 0 Å². The molecule has 53 heavy (non-hydrogen) atoms. The Kier molecular flexibility index (Phi) is 9.27. The van der Waals surface area contributed by atoms with Crippen molar-refractivity contribution in [2.45, 2.75) is 34.1 Å². The molecule has 0 aliphatic carbocycles. The van der Waals surface area contributed by atoms with E-state index in [2.05, 4.69) is 118 Å². The van der Waals surface area contributed by atoms with Crippen LogP contribution in [-0.2, 0) is 6.42 Å². The molecule has 0 bridgehead atoms. The van der Waals surface area contributed by atoms with Gasteiger partial charge in [-0.1, -0.05) is 116 Å². The Morgan fingerprint density at radius 1 is 0.491 bits per heavy atom. The number of aromatic nitrogens is 4. The highest BCUT2D eigenvalue weighted by Crippen LogP contribution is 2.38. The minimum Gasteiger partial charge on any atom is -0.264 e. The van der Waals surface area contributed by atoms with Crippen molar-refractivity contribution in [2.75, 3.05) is 0 Å². The molecule has 256 valence electrons. The number of pyridine rings is 1. The molecule has 2 aromatic heterocycles. The topological polar surface area (TPSA) is 51.6 Å². The maximum Gasteiger partial charge on any atom is 0.164 e. The van der Waals surface area contributed by atoms with E-state index in [4.69, 9.17) is 15.0 Å². The number of benzene rings is 6. The molecule has 8 rings (SSSR count). The Morgan fingerprint density at radius 2 is 1.06 bits per heavy atom. The van der Waals surface area contributed by atoms with E-state index in [1.165, 1.54) is 33.0 Å². The quantitative estimate of drug-likeness (QED) is 0.160. The predicted molar refractivity (Wildman–Crippen MR) is 223 cm³/mol. The van der Waals surface area contributed by atoms with Gasteiger partial charge in [0.05, 0.1) is 0 Å². The molecule has 0 saturated carbocycles. The van der Waals surface area contributed by atoms with Gasteiger partial charge in [-0.25, -0.2) is 15.0 Å². The second kappa shape index (κ2) is 14.6. The van der Waals surface area contributed by atoms with Crippen LogP contribution in [0.1, 0.15) is 43.0 Å². The van der Waals surface area contributed by atoms with Crippen LogP contribution in [0.4, 0.5) is 0 Å². The summed E-state index contributed by atoms with van der Waals surface area (Å²) in [5.74, 6) is 1.90. The molecule has 0 spiro atoms. The number of fused-ring (bicyclic) bond motifs is 2. The van der Waals surface area contributed by atoms with Crippen molar-refractivity contribution < 1.29 is 0 Å². The number of rotatable bonds is 8. The smallest absolute Gasteiger partial charge is 0.164 e. The van der Waals surface area contributed by atoms with Gasteiger partial charge in [0.1, 0.15) is 0 Å². The van der Waals surface area contributed by atoms with Crippen LogP contribution in [-0.4, -0.2) is 19.9 Å². The maximum absolute atomic E-state index is 5.12. The van der Waals surface area contributed by atoms with Gasteiger partial charge in [-0.3, -0.25) is 4.98 Å². The van der Waals surface area contributed by atoms with E-state index in [9.17, 15) is 0 Å². The first-order valence-corrected chi connectivity index (χ1v) is 18.3. The third kappa shape index (κ3) is 6.56. The molecule has 0 fully saturated rings. The Morgan fingerprint density at radius 3 is 1.68 bits per heavy atom. The van der Waals surface area contributed by atoms with Crippen LogP contribution in [0.3, 0.4) is 0 Å². The number of hydrogen-bond donors (Lipinski definition) is 0. The summed E-state index contributed by atoms with van der Waals surface area (Å²) in [4.78, 5) is 19.5. The summed E-state index contributed by atoms with van der Waals surface area (Å²) in [6.07, 6.45) is 13.5. The lowest BCUT2D eigenvalue weighted by atomic mass is 9.86. The first-order valence-electron chi connectivity index (χ1n) is 18.3. The molecule has 0 saturated heterocycles. The molecule has 6 aromatic carbocycles. The third-order valence-electron chi connectivity index (χ3n) is 10.00. The zero-order chi connectivity index (χ0) is 36.3. The fraction of sp³-hybridized carbons (Fsp3) is 0.102. The minimum atomic E-state index is 0.625. The SMILES string of the molecule is C/C=C\c1c(C)c(CC)c(/C=C\C)c2cc(-c3cc(-c4ccc5cnccc5c4)cc(-c4nc(-c5ccccc5)nc(-c5ccccc5)n4)c3)ccc12. The molecule has 4 nitrogen and oxygen atoms in total. The summed E-state index contributed by atoms with van der Waals surface area (Å²) in [5, 5.41) is 4.75. The Labute approximate surface area is 311 Å². The summed E-state index contributed by atoms with van der Waals surface area (Å²) in [6.45, 7) is 8.70. The van der Waals surface area contributed by atoms with Gasteiger partial charge in [0.2, 0.25) is 0 Å². The average molecular weight is 685 g/mol. The third-order valence-corrected chi connectivity index (χ3v) is 10.00. The first-order chi connectivity index (χ1) is 26.0. The molecule has 4 heteroatoms. The van der Waals surface area contributed by atoms with Gasteiger partial charge in [0, 0.05) is 34.5 Å². The van der Waals surface area contributed by atoms with Crippen molar-refractivity contribution in [2.24, 2.45) is 0 Å². The highest BCUT2D eigenvalue weighted by molar-refractivity contribution is 6.01. The average Bonchev–Trinajstić information content (AvgIpc) is 3.22. The van der Waals surface area contributed by atoms with Gasteiger partial charge in [-0.05, 0) is 124 Å². The van der Waals surface area contributed by atoms with Crippen molar-refractivity contribution in [3.63, 3.8) is 0 Å². The van der Waals surface area contributed by atoms with E-state index < -0.39 is 0 Å². The number of allylic oxidation sites excluding steroid dienone is 2. The normalized spacial score (nSPS) is 11.7. The second-order valence-electron chi connectivity index (χ2n) is 13.3. The summed E-state index contributed by atoms with van der Waals surface area (Å²) in [6, 6.07) is 42.5. The van der Waals surface area contributed by atoms with E-state index in [1.807, 2.05) is 73.1 Å². The Bertz CT molecular complexity index is 2620. The molecule has 0 N–H and O–H groups in total. The lowest BCUT2D eigenvalue weighted by Gasteiger charge is -2.18. The van der Waals surface area contributed by atoms with Gasteiger partial charge in [0.25, 0.3) is 0 Å². The van der Waals surface area contributed by atoms with Crippen LogP contribution in [0.25, 0.3) is 90.1 Å². The van der Waals surface area contributed by atoms with Crippen molar-refractivity contribution >= 4 is 33.7 Å². The Balaban J connectivity index is 1.40. The Hall–Kier alpha value is -6.52. The van der Waals surface area contributed by atoms with Crippen molar-refractivity contribution in [3.8, 4) is 56.4 Å². The molecular formula is C49H40N4. The molecule has 0 unspecified atom stereocenters. The maximum atomic E-state index is 5.12. The standard InChI is InChI=1S/C49H40N4/c1-5-14-43-32(4)42(7-3)44(15-6-2)46-30-36(22-23-45(43)46)40-27-39(35-20-21-38-31-50-25-24-37(38)26-35)28-41(29-40)49-52-47(33-16-10-8-11-17-33)51-48(53-49)34-18-12-9-13-19-34/h5-6,8-31H,7H2,1-4H3/b14-5-,15-6-. The fourth-order valence-corrected chi connectivity index (χ4v) is 7.40. The van der Waals surface area contributed by atoms with Crippen LogP contribution < -0.4 is 0 Å². The van der Waals surface area contributed by atoms with Crippen molar-refractivity contribution in [1.82, 2.24) is 19.9 Å². The van der Waals surface area contributed by atoms with Crippen molar-refractivity contribution in [3.05, 3.63) is 168 Å². The highest BCUT2D eigenvalue weighted by atomic mass is 15.0. The van der Waals surface area contributed by atoms with Crippen LogP contribution in [0, 0.1) is 6.92 Å². The van der Waals surface area contributed by atoms with Crippen LogP contribution >= 0.6 is 0 Å².